The molecule has 3 aromatic rings. The molecule has 1 amide bonds. The van der Waals surface area contributed by atoms with Gasteiger partial charge < -0.3 is 10.1 Å². The Labute approximate surface area is 221 Å². The number of fused-ring (bicyclic) bond motifs is 1. The van der Waals surface area contributed by atoms with Crippen LogP contribution in [0.15, 0.2) is 96.6 Å². The summed E-state index contributed by atoms with van der Waals surface area (Å²) < 4.78 is 32.8. The van der Waals surface area contributed by atoms with E-state index in [0.717, 1.165) is 22.8 Å². The Balaban J connectivity index is 0.00000235. The van der Waals surface area contributed by atoms with Crippen molar-refractivity contribution in [2.45, 2.75) is 52.7 Å². The molecule has 1 N–H and O–H groups in total. The van der Waals surface area contributed by atoms with Gasteiger partial charge in [-0.15, -0.1) is 0 Å². The van der Waals surface area contributed by atoms with E-state index in [4.69, 9.17) is 4.74 Å². The van der Waals surface area contributed by atoms with Gasteiger partial charge in [-0.05, 0) is 79.8 Å². The minimum Gasteiger partial charge on any atom is -0.457 e. The van der Waals surface area contributed by atoms with Gasteiger partial charge in [-0.25, -0.2) is 0 Å². The molecular formula is C31H36F2NO2P. The maximum absolute atomic E-state index is 13.4. The number of nitrogens with one attached hydrogen (secondary N) is 1. The van der Waals surface area contributed by atoms with Gasteiger partial charge in [0.2, 0.25) is 0 Å². The molecule has 0 aliphatic rings. The van der Waals surface area contributed by atoms with Gasteiger partial charge in [-0.1, -0.05) is 72.5 Å². The van der Waals surface area contributed by atoms with Crippen LogP contribution in [0, 0.1) is 0 Å². The molecule has 0 aliphatic carbocycles. The van der Waals surface area contributed by atoms with Crippen LogP contribution in [0.4, 0.5) is 8.78 Å². The summed E-state index contributed by atoms with van der Waals surface area (Å²) in [4.78, 5) is 13.0. The molecule has 2 atom stereocenters. The Morgan fingerprint density at radius 1 is 1.08 bits per heavy atom. The summed E-state index contributed by atoms with van der Waals surface area (Å²) >= 11 is 0. The molecular weight excluding hydrogens is 487 g/mol. The van der Waals surface area contributed by atoms with Crippen LogP contribution >= 0.6 is 9.24 Å². The van der Waals surface area contributed by atoms with Crippen LogP contribution in [0.2, 0.25) is 0 Å². The molecule has 2 unspecified atom stereocenters. The Hall–Kier alpha value is -3.30. The molecule has 196 valence electrons. The second kappa shape index (κ2) is 14.4. The predicted octanol–water partition coefficient (Wildman–Crippen LogP) is 9.17. The number of hydrogen-bond acceptors (Lipinski definition) is 2. The SMILES string of the molecule is CC.C\C=C/C=C\C(=C\CC)C(C)NC(=O)c1ccc2c(Oc3ccc(C(F)(F)P)cc3)cccc2c1. The molecule has 0 aliphatic heterocycles. The molecule has 0 saturated carbocycles. The standard InChI is InChI=1S/C29H30F2NO2P.C2H6/c1-4-6-7-10-21(9-5-2)20(3)32-28(33)23-13-18-26-22(19-23)11-8-12-27(26)34-25-16-14-24(15-17-25)29(30,31)35;1-2/h4,6-20H,5,35H2,1-3H3,(H,32,33);1-2H3/b6-4-,10-7-,21-9-;. The number of ether oxygens (including phenoxy) is 1. The monoisotopic (exact) mass is 523 g/mol. The van der Waals surface area contributed by atoms with E-state index in [-0.39, 0.29) is 17.5 Å². The maximum atomic E-state index is 13.4. The van der Waals surface area contributed by atoms with Crippen LogP contribution in [0.3, 0.4) is 0 Å². The first-order valence-corrected chi connectivity index (χ1v) is 13.1. The van der Waals surface area contributed by atoms with Crippen molar-refractivity contribution in [2.24, 2.45) is 0 Å². The van der Waals surface area contributed by atoms with E-state index in [2.05, 4.69) is 18.3 Å². The first-order valence-electron chi connectivity index (χ1n) is 12.5. The van der Waals surface area contributed by atoms with Crippen molar-refractivity contribution in [3.63, 3.8) is 0 Å². The van der Waals surface area contributed by atoms with Crippen molar-refractivity contribution in [3.8, 4) is 11.5 Å². The first-order chi connectivity index (χ1) is 17.7. The third-order valence-electron chi connectivity index (χ3n) is 5.45. The van der Waals surface area contributed by atoms with Gasteiger partial charge in [0.05, 0.1) is 6.04 Å². The Morgan fingerprint density at radius 3 is 2.41 bits per heavy atom. The molecule has 3 aromatic carbocycles. The van der Waals surface area contributed by atoms with Crippen LogP contribution in [0.25, 0.3) is 10.8 Å². The van der Waals surface area contributed by atoms with Crippen LogP contribution in [0.1, 0.15) is 57.0 Å². The molecule has 0 heterocycles. The molecule has 6 heteroatoms. The van der Waals surface area contributed by atoms with Gasteiger partial charge >= 0.3 is 0 Å². The number of carbonyl (C=O) groups is 1. The molecule has 0 aromatic heterocycles. The second-order valence-corrected chi connectivity index (χ2v) is 8.86. The molecule has 0 spiro atoms. The summed E-state index contributed by atoms with van der Waals surface area (Å²) in [5.74, 6) is 0.865. The van der Waals surface area contributed by atoms with E-state index in [9.17, 15) is 13.6 Å². The minimum atomic E-state index is -2.98. The Morgan fingerprint density at radius 2 is 1.78 bits per heavy atom. The number of benzene rings is 3. The van der Waals surface area contributed by atoms with Crippen molar-refractivity contribution in [2.75, 3.05) is 0 Å². The number of halogens is 2. The lowest BCUT2D eigenvalue weighted by molar-refractivity contribution is 0.0945. The maximum Gasteiger partial charge on any atom is 0.283 e. The average molecular weight is 524 g/mol. The fourth-order valence-electron chi connectivity index (χ4n) is 3.62. The highest BCUT2D eigenvalue weighted by Gasteiger charge is 2.24. The highest BCUT2D eigenvalue weighted by Crippen LogP contribution is 2.36. The van der Waals surface area contributed by atoms with Crippen LogP contribution in [-0.4, -0.2) is 11.9 Å². The van der Waals surface area contributed by atoms with Gasteiger partial charge in [-0.3, -0.25) is 4.79 Å². The topological polar surface area (TPSA) is 38.3 Å². The summed E-state index contributed by atoms with van der Waals surface area (Å²) in [6.07, 6.45) is 10.8. The van der Waals surface area contributed by atoms with Crippen LogP contribution in [-0.2, 0) is 5.66 Å². The molecule has 37 heavy (non-hydrogen) atoms. The first kappa shape index (κ1) is 29.9. The van der Waals surface area contributed by atoms with E-state index in [0.29, 0.717) is 17.1 Å². The van der Waals surface area contributed by atoms with Crippen molar-refractivity contribution in [1.82, 2.24) is 5.32 Å². The summed E-state index contributed by atoms with van der Waals surface area (Å²) in [6.45, 7) is 9.98. The zero-order valence-electron chi connectivity index (χ0n) is 22.1. The Kier molecular flexibility index (Phi) is 11.7. The zero-order chi connectivity index (χ0) is 27.4. The summed E-state index contributed by atoms with van der Waals surface area (Å²) in [7, 11) is 1.53. The summed E-state index contributed by atoms with van der Waals surface area (Å²) in [6, 6.07) is 16.5. The van der Waals surface area contributed by atoms with Crippen molar-refractivity contribution in [1.29, 1.82) is 0 Å². The molecule has 0 bridgehead atoms. The normalized spacial score (nSPS) is 12.9. The number of amides is 1. The highest BCUT2D eigenvalue weighted by molar-refractivity contribution is 7.17. The van der Waals surface area contributed by atoms with Crippen LogP contribution in [0.5, 0.6) is 11.5 Å². The van der Waals surface area contributed by atoms with Crippen LogP contribution < -0.4 is 10.1 Å². The van der Waals surface area contributed by atoms with Gasteiger partial charge in [0.25, 0.3) is 11.6 Å². The van der Waals surface area contributed by atoms with Crippen molar-refractivity contribution >= 4 is 25.9 Å². The number of alkyl halides is 2. The summed E-state index contributed by atoms with van der Waals surface area (Å²) in [5.41, 5.74) is -1.50. The zero-order valence-corrected chi connectivity index (χ0v) is 23.2. The number of rotatable bonds is 9. The smallest absolute Gasteiger partial charge is 0.283 e. The number of carbonyl (C=O) groups excluding carboxylic acids is 1. The molecule has 3 nitrogen and oxygen atoms in total. The van der Waals surface area contributed by atoms with Gasteiger partial charge in [-0.2, -0.15) is 8.78 Å². The quantitative estimate of drug-likeness (QED) is 0.224. The third-order valence-corrected chi connectivity index (χ3v) is 5.78. The summed E-state index contributed by atoms with van der Waals surface area (Å²) in [5, 5.41) is 4.73. The van der Waals surface area contributed by atoms with E-state index < -0.39 is 5.66 Å². The second-order valence-electron chi connectivity index (χ2n) is 8.13. The average Bonchev–Trinajstić information content (AvgIpc) is 2.89. The fraction of sp³-hybridized carbons (Fsp3) is 0.258. The Bertz CT molecular complexity index is 1260. The molecule has 0 radical (unpaired) electrons. The predicted molar refractivity (Wildman–Crippen MR) is 155 cm³/mol. The van der Waals surface area contributed by atoms with Gasteiger partial charge in [0.15, 0.2) is 0 Å². The fourth-order valence-corrected chi connectivity index (χ4v) is 3.81. The van der Waals surface area contributed by atoms with E-state index in [1.54, 1.807) is 12.1 Å². The van der Waals surface area contributed by atoms with Gasteiger partial charge in [0, 0.05) is 16.5 Å². The van der Waals surface area contributed by atoms with Gasteiger partial charge in [0.1, 0.15) is 11.5 Å². The molecule has 0 fully saturated rings. The minimum absolute atomic E-state index is 0.105. The van der Waals surface area contributed by atoms with E-state index in [1.165, 1.54) is 33.5 Å². The molecule has 0 saturated heterocycles. The molecule has 3 rings (SSSR count). The van der Waals surface area contributed by atoms with Crippen molar-refractivity contribution in [3.05, 3.63) is 108 Å². The van der Waals surface area contributed by atoms with Crippen molar-refractivity contribution < 1.29 is 18.3 Å². The lowest BCUT2D eigenvalue weighted by Crippen LogP contribution is -2.33. The van der Waals surface area contributed by atoms with E-state index in [1.807, 2.05) is 76.3 Å². The largest absolute Gasteiger partial charge is 0.457 e. The van der Waals surface area contributed by atoms with E-state index >= 15 is 0 Å². The third kappa shape index (κ3) is 8.65. The highest BCUT2D eigenvalue weighted by atomic mass is 31.0. The lowest BCUT2D eigenvalue weighted by Gasteiger charge is -2.16. The number of allylic oxidation sites excluding steroid dienone is 4. The number of hydrogen-bond donors (Lipinski definition) is 1. The lowest BCUT2D eigenvalue weighted by atomic mass is 10.0.